The van der Waals surface area contributed by atoms with E-state index in [2.05, 4.69) is 17.0 Å². The molecule has 0 spiro atoms. The molecule has 1 N–H and O–H groups in total. The second kappa shape index (κ2) is 8.06. The van der Waals surface area contributed by atoms with Crippen molar-refractivity contribution in [1.29, 1.82) is 5.26 Å². The molecule has 0 unspecified atom stereocenters. The first kappa shape index (κ1) is 19.9. The summed E-state index contributed by atoms with van der Waals surface area (Å²) < 4.78 is 45.3. The molecule has 0 aliphatic heterocycles. The largest absolute Gasteiger partial charge is 0.479 e. The summed E-state index contributed by atoms with van der Waals surface area (Å²) in [5.74, 6) is 0.0430. The van der Waals surface area contributed by atoms with Crippen molar-refractivity contribution in [3.63, 3.8) is 0 Å². The average Bonchev–Trinajstić information content (AvgIpc) is 3.07. The number of hydrogen-bond donors (Lipinski definition) is 1. The van der Waals surface area contributed by atoms with Crippen LogP contribution >= 0.6 is 0 Å². The molecule has 148 valence electrons. The van der Waals surface area contributed by atoms with Crippen LogP contribution in [0.1, 0.15) is 11.3 Å². The van der Waals surface area contributed by atoms with Crippen LogP contribution in [-0.2, 0) is 17.5 Å². The second-order valence-corrected chi connectivity index (χ2v) is 5.95. The molecule has 0 atom stereocenters. The number of aromatic nitrogens is 2. The lowest BCUT2D eigenvalue weighted by Gasteiger charge is -2.08. The van der Waals surface area contributed by atoms with Crippen LogP contribution in [0.4, 0.5) is 13.2 Å². The van der Waals surface area contributed by atoms with Gasteiger partial charge in [-0.05, 0) is 48.5 Å². The minimum Gasteiger partial charge on any atom is -0.479 e. The smallest absolute Gasteiger partial charge is 0.416 e. The summed E-state index contributed by atoms with van der Waals surface area (Å²) in [4.78, 5) is 11.5. The summed E-state index contributed by atoms with van der Waals surface area (Å²) in [6, 6.07) is 11.5. The van der Waals surface area contributed by atoms with Gasteiger partial charge in [-0.1, -0.05) is 6.58 Å². The van der Waals surface area contributed by atoms with E-state index in [0.29, 0.717) is 28.0 Å². The lowest BCUT2D eigenvalue weighted by atomic mass is 10.1. The van der Waals surface area contributed by atoms with Crippen LogP contribution in [0.15, 0.2) is 55.1 Å². The van der Waals surface area contributed by atoms with E-state index in [4.69, 9.17) is 10.00 Å². The SMILES string of the molecule is C=CC(=O)NCc1nn(-c2ccc(C(F)(F)F)cc2)c2ccc(OCC#N)cc12. The molecule has 3 rings (SSSR count). The summed E-state index contributed by atoms with van der Waals surface area (Å²) >= 11 is 0. The third-order valence-corrected chi connectivity index (χ3v) is 4.09. The number of nitriles is 1. The molecule has 0 bridgehead atoms. The molecule has 1 heterocycles. The van der Waals surface area contributed by atoms with E-state index in [1.807, 2.05) is 6.07 Å². The molecule has 9 heteroatoms. The van der Waals surface area contributed by atoms with Gasteiger partial charge in [-0.3, -0.25) is 4.79 Å². The number of nitrogens with one attached hydrogen (secondary N) is 1. The van der Waals surface area contributed by atoms with E-state index in [1.165, 1.54) is 16.8 Å². The molecule has 0 fully saturated rings. The van der Waals surface area contributed by atoms with Gasteiger partial charge in [0.1, 0.15) is 11.8 Å². The summed E-state index contributed by atoms with van der Waals surface area (Å²) in [7, 11) is 0. The van der Waals surface area contributed by atoms with Crippen LogP contribution in [0.5, 0.6) is 5.75 Å². The number of amides is 1. The molecule has 0 aliphatic carbocycles. The maximum absolute atomic E-state index is 12.8. The van der Waals surface area contributed by atoms with Crippen molar-refractivity contribution < 1.29 is 22.7 Å². The highest BCUT2D eigenvalue weighted by atomic mass is 19.4. The Hall–Kier alpha value is -3.80. The Bertz CT molecular complexity index is 1100. The van der Waals surface area contributed by atoms with E-state index in [1.54, 1.807) is 18.2 Å². The van der Waals surface area contributed by atoms with E-state index in [0.717, 1.165) is 18.2 Å². The third kappa shape index (κ3) is 4.38. The van der Waals surface area contributed by atoms with Crippen molar-refractivity contribution in [2.75, 3.05) is 6.61 Å². The van der Waals surface area contributed by atoms with Crippen LogP contribution in [0.3, 0.4) is 0 Å². The number of ether oxygens (including phenoxy) is 1. The lowest BCUT2D eigenvalue weighted by Crippen LogP contribution is -2.20. The molecule has 2 aromatic carbocycles. The normalized spacial score (nSPS) is 11.1. The topological polar surface area (TPSA) is 79.9 Å². The first-order valence-electron chi connectivity index (χ1n) is 8.43. The zero-order chi connectivity index (χ0) is 21.0. The Morgan fingerprint density at radius 2 is 2.00 bits per heavy atom. The molecular formula is C20H15F3N4O2. The van der Waals surface area contributed by atoms with Crippen LogP contribution in [0, 0.1) is 11.3 Å². The molecule has 3 aromatic rings. The number of rotatable bonds is 6. The van der Waals surface area contributed by atoms with Crippen molar-refractivity contribution >= 4 is 16.8 Å². The number of halogens is 3. The van der Waals surface area contributed by atoms with Crippen molar-refractivity contribution in [3.05, 3.63) is 66.4 Å². The molecule has 0 saturated carbocycles. The highest BCUT2D eigenvalue weighted by Crippen LogP contribution is 2.31. The summed E-state index contributed by atoms with van der Waals surface area (Å²) in [5.41, 5.74) is 0.757. The number of carbonyl (C=O) groups excluding carboxylic acids is 1. The fraction of sp³-hybridized carbons (Fsp3) is 0.150. The van der Waals surface area contributed by atoms with Gasteiger partial charge in [0.2, 0.25) is 5.91 Å². The number of alkyl halides is 3. The maximum atomic E-state index is 12.8. The summed E-state index contributed by atoms with van der Waals surface area (Å²) in [5, 5.41) is 16.4. The van der Waals surface area contributed by atoms with Crippen molar-refractivity contribution in [2.24, 2.45) is 0 Å². The lowest BCUT2D eigenvalue weighted by molar-refractivity contribution is -0.137. The molecule has 1 amide bonds. The minimum absolute atomic E-state index is 0.0801. The zero-order valence-electron chi connectivity index (χ0n) is 15.0. The Morgan fingerprint density at radius 1 is 1.28 bits per heavy atom. The number of nitrogens with zero attached hydrogens (tertiary/aromatic N) is 3. The first-order valence-corrected chi connectivity index (χ1v) is 8.43. The Balaban J connectivity index is 2.05. The number of fused-ring (bicyclic) bond motifs is 1. The maximum Gasteiger partial charge on any atom is 0.416 e. The monoisotopic (exact) mass is 400 g/mol. The third-order valence-electron chi connectivity index (χ3n) is 4.09. The van der Waals surface area contributed by atoms with Gasteiger partial charge >= 0.3 is 6.18 Å². The fourth-order valence-corrected chi connectivity index (χ4v) is 2.73. The van der Waals surface area contributed by atoms with E-state index in [-0.39, 0.29) is 19.1 Å². The van der Waals surface area contributed by atoms with E-state index in [9.17, 15) is 18.0 Å². The Morgan fingerprint density at radius 3 is 2.62 bits per heavy atom. The number of benzene rings is 2. The Kier molecular flexibility index (Phi) is 5.54. The van der Waals surface area contributed by atoms with Gasteiger partial charge in [0.05, 0.1) is 29.0 Å². The Labute approximate surface area is 163 Å². The predicted molar refractivity (Wildman–Crippen MR) is 99.2 cm³/mol. The van der Waals surface area contributed by atoms with Gasteiger partial charge in [-0.15, -0.1) is 0 Å². The van der Waals surface area contributed by atoms with Crippen LogP contribution in [-0.4, -0.2) is 22.3 Å². The van der Waals surface area contributed by atoms with Gasteiger partial charge in [0, 0.05) is 5.39 Å². The van der Waals surface area contributed by atoms with Crippen molar-refractivity contribution in [3.8, 4) is 17.5 Å². The molecule has 6 nitrogen and oxygen atoms in total. The number of carbonyl (C=O) groups is 1. The first-order chi connectivity index (χ1) is 13.8. The van der Waals surface area contributed by atoms with Gasteiger partial charge in [0.15, 0.2) is 6.61 Å². The minimum atomic E-state index is -4.43. The van der Waals surface area contributed by atoms with Crippen LogP contribution in [0.2, 0.25) is 0 Å². The van der Waals surface area contributed by atoms with Crippen molar-refractivity contribution in [2.45, 2.75) is 12.7 Å². The zero-order valence-corrected chi connectivity index (χ0v) is 15.0. The van der Waals surface area contributed by atoms with Crippen LogP contribution < -0.4 is 10.1 Å². The molecule has 0 radical (unpaired) electrons. The van der Waals surface area contributed by atoms with E-state index < -0.39 is 11.7 Å². The predicted octanol–water partition coefficient (Wildman–Crippen LogP) is 3.75. The number of hydrogen-bond acceptors (Lipinski definition) is 4. The van der Waals surface area contributed by atoms with Gasteiger partial charge in [-0.25, -0.2) is 4.68 Å². The van der Waals surface area contributed by atoms with Gasteiger partial charge < -0.3 is 10.1 Å². The van der Waals surface area contributed by atoms with Gasteiger partial charge in [0.25, 0.3) is 0 Å². The van der Waals surface area contributed by atoms with Gasteiger partial charge in [-0.2, -0.15) is 23.5 Å². The average molecular weight is 400 g/mol. The fourth-order valence-electron chi connectivity index (χ4n) is 2.73. The quantitative estimate of drug-likeness (QED) is 0.639. The molecule has 1 aromatic heterocycles. The summed E-state index contributed by atoms with van der Waals surface area (Å²) in [6.07, 6.45) is -3.31. The molecule has 0 aliphatic rings. The highest BCUT2D eigenvalue weighted by molar-refractivity contribution is 5.88. The van der Waals surface area contributed by atoms with Crippen LogP contribution in [0.25, 0.3) is 16.6 Å². The second-order valence-electron chi connectivity index (χ2n) is 5.95. The molecular weight excluding hydrogens is 385 g/mol. The molecule has 29 heavy (non-hydrogen) atoms. The van der Waals surface area contributed by atoms with E-state index >= 15 is 0 Å². The highest BCUT2D eigenvalue weighted by Gasteiger charge is 2.30. The molecule has 0 saturated heterocycles. The summed E-state index contributed by atoms with van der Waals surface area (Å²) in [6.45, 7) is 3.33. The van der Waals surface area contributed by atoms with Crippen molar-refractivity contribution in [1.82, 2.24) is 15.1 Å². The standard InChI is InChI=1S/C20H15F3N4O2/c1-2-19(28)25-12-17-16-11-15(29-10-9-24)7-8-18(16)27(26-17)14-5-3-13(4-6-14)20(21,22)23/h2-8,11H,1,10,12H2,(H,25,28).